The number of hydrogen-bond donors (Lipinski definition) is 2. The number of nitrogen functional groups attached to an aromatic ring is 1. The van der Waals surface area contributed by atoms with Crippen molar-refractivity contribution >= 4 is 23.0 Å². The van der Waals surface area contributed by atoms with E-state index < -0.39 is 4.92 Å². The van der Waals surface area contributed by atoms with Crippen molar-refractivity contribution in [3.63, 3.8) is 0 Å². The third-order valence-electron chi connectivity index (χ3n) is 2.47. The van der Waals surface area contributed by atoms with E-state index in [1.54, 1.807) is 19.2 Å². The van der Waals surface area contributed by atoms with E-state index in [1.165, 1.54) is 12.1 Å². The standard InChI is InChI=1S/C12H12N4O3/c1-19-10-5-3-2-4-8(10)14-11-7-6-9(16(17)18)12(13)15-11/h2-7H,1H3,(H3,13,14,15). The third kappa shape index (κ3) is 2.71. The second kappa shape index (κ2) is 5.21. The minimum atomic E-state index is -0.574. The van der Waals surface area contributed by atoms with E-state index in [0.717, 1.165) is 0 Å². The lowest BCUT2D eigenvalue weighted by Crippen LogP contribution is -2.02. The fourth-order valence-corrected chi connectivity index (χ4v) is 1.58. The molecule has 1 heterocycles. The number of hydrogen-bond acceptors (Lipinski definition) is 6. The van der Waals surface area contributed by atoms with Gasteiger partial charge in [0.25, 0.3) is 0 Å². The Bertz CT molecular complexity index is 616. The highest BCUT2D eigenvalue weighted by atomic mass is 16.6. The van der Waals surface area contributed by atoms with E-state index in [9.17, 15) is 10.1 Å². The molecule has 2 aromatic rings. The van der Waals surface area contributed by atoms with Crippen molar-refractivity contribution in [1.29, 1.82) is 0 Å². The topological polar surface area (TPSA) is 103 Å². The van der Waals surface area contributed by atoms with Crippen LogP contribution in [0.15, 0.2) is 36.4 Å². The first kappa shape index (κ1) is 12.6. The molecule has 0 aliphatic rings. The third-order valence-corrected chi connectivity index (χ3v) is 2.47. The number of pyridine rings is 1. The second-order valence-corrected chi connectivity index (χ2v) is 3.68. The Morgan fingerprint density at radius 2 is 2.05 bits per heavy atom. The molecule has 0 bridgehead atoms. The number of aromatic nitrogens is 1. The summed E-state index contributed by atoms with van der Waals surface area (Å²) in [6.07, 6.45) is 0. The van der Waals surface area contributed by atoms with Gasteiger partial charge in [0.15, 0.2) is 0 Å². The van der Waals surface area contributed by atoms with E-state index >= 15 is 0 Å². The van der Waals surface area contributed by atoms with E-state index in [0.29, 0.717) is 17.3 Å². The minimum Gasteiger partial charge on any atom is -0.495 e. The Morgan fingerprint density at radius 1 is 1.32 bits per heavy atom. The predicted molar refractivity (Wildman–Crippen MR) is 71.6 cm³/mol. The van der Waals surface area contributed by atoms with Gasteiger partial charge < -0.3 is 15.8 Å². The van der Waals surface area contributed by atoms with Gasteiger partial charge in [-0.15, -0.1) is 0 Å². The molecule has 19 heavy (non-hydrogen) atoms. The van der Waals surface area contributed by atoms with Crippen LogP contribution in [0.5, 0.6) is 5.75 Å². The lowest BCUT2D eigenvalue weighted by molar-refractivity contribution is -0.384. The molecule has 0 radical (unpaired) electrons. The number of para-hydroxylation sites is 2. The summed E-state index contributed by atoms with van der Waals surface area (Å²) in [5.74, 6) is 0.915. The van der Waals surface area contributed by atoms with E-state index in [1.807, 2.05) is 12.1 Å². The summed E-state index contributed by atoms with van der Waals surface area (Å²) in [6, 6.07) is 10.1. The van der Waals surface area contributed by atoms with Crippen molar-refractivity contribution in [3.8, 4) is 5.75 Å². The SMILES string of the molecule is COc1ccccc1Nc1ccc([N+](=O)[O-])c(N)n1. The average Bonchev–Trinajstić information content (AvgIpc) is 2.39. The number of nitrogens with zero attached hydrogens (tertiary/aromatic N) is 2. The molecule has 1 aromatic carbocycles. The maximum Gasteiger partial charge on any atom is 0.311 e. The molecule has 98 valence electrons. The normalized spacial score (nSPS) is 9.95. The van der Waals surface area contributed by atoms with Crippen LogP contribution in [0.4, 0.5) is 23.0 Å². The molecular formula is C12H12N4O3. The van der Waals surface area contributed by atoms with Crippen molar-refractivity contribution in [3.05, 3.63) is 46.5 Å². The maximum atomic E-state index is 10.6. The van der Waals surface area contributed by atoms with Crippen LogP contribution in [-0.2, 0) is 0 Å². The Hall–Kier alpha value is -2.83. The van der Waals surface area contributed by atoms with Crippen LogP contribution < -0.4 is 15.8 Å². The second-order valence-electron chi connectivity index (χ2n) is 3.68. The van der Waals surface area contributed by atoms with Crippen LogP contribution in [0.3, 0.4) is 0 Å². The first-order valence-electron chi connectivity index (χ1n) is 5.43. The summed E-state index contributed by atoms with van der Waals surface area (Å²) in [5.41, 5.74) is 6.01. The summed E-state index contributed by atoms with van der Waals surface area (Å²) in [7, 11) is 1.55. The molecule has 0 saturated carbocycles. The van der Waals surface area contributed by atoms with Gasteiger partial charge in [0.1, 0.15) is 11.6 Å². The Morgan fingerprint density at radius 3 is 2.68 bits per heavy atom. The molecule has 3 N–H and O–H groups in total. The van der Waals surface area contributed by atoms with Gasteiger partial charge in [0.2, 0.25) is 5.82 Å². The molecule has 0 unspecified atom stereocenters. The van der Waals surface area contributed by atoms with Crippen LogP contribution in [0.25, 0.3) is 0 Å². The Kier molecular flexibility index (Phi) is 3.46. The molecule has 0 aliphatic carbocycles. The van der Waals surface area contributed by atoms with Gasteiger partial charge in [-0.05, 0) is 18.2 Å². The number of nitro groups is 1. The van der Waals surface area contributed by atoms with Crippen molar-refractivity contribution in [2.24, 2.45) is 0 Å². The number of nitrogens with two attached hydrogens (primary N) is 1. The van der Waals surface area contributed by atoms with Crippen LogP contribution >= 0.6 is 0 Å². The average molecular weight is 260 g/mol. The number of nitrogens with one attached hydrogen (secondary N) is 1. The quantitative estimate of drug-likeness (QED) is 0.645. The zero-order valence-corrected chi connectivity index (χ0v) is 10.2. The molecule has 0 aliphatic heterocycles. The Labute approximate surface area is 109 Å². The highest BCUT2D eigenvalue weighted by molar-refractivity contribution is 5.66. The van der Waals surface area contributed by atoms with Crippen LogP contribution in [-0.4, -0.2) is 17.0 Å². The zero-order valence-electron chi connectivity index (χ0n) is 10.2. The molecule has 0 fully saturated rings. The van der Waals surface area contributed by atoms with Gasteiger partial charge in [-0.3, -0.25) is 10.1 Å². The van der Waals surface area contributed by atoms with E-state index in [2.05, 4.69) is 10.3 Å². The molecule has 0 saturated heterocycles. The van der Waals surface area contributed by atoms with Gasteiger partial charge in [-0.2, -0.15) is 0 Å². The first-order valence-corrected chi connectivity index (χ1v) is 5.43. The smallest absolute Gasteiger partial charge is 0.311 e. The maximum absolute atomic E-state index is 10.6. The highest BCUT2D eigenvalue weighted by Gasteiger charge is 2.13. The van der Waals surface area contributed by atoms with Gasteiger partial charge >= 0.3 is 5.69 Å². The molecule has 0 spiro atoms. The lowest BCUT2D eigenvalue weighted by Gasteiger charge is -2.10. The molecule has 7 nitrogen and oxygen atoms in total. The summed E-state index contributed by atoms with van der Waals surface area (Å²) >= 11 is 0. The largest absolute Gasteiger partial charge is 0.495 e. The summed E-state index contributed by atoms with van der Waals surface area (Å²) in [4.78, 5) is 14.0. The van der Waals surface area contributed by atoms with Crippen LogP contribution in [0.2, 0.25) is 0 Å². The van der Waals surface area contributed by atoms with Crippen molar-refractivity contribution < 1.29 is 9.66 Å². The van der Waals surface area contributed by atoms with Crippen LogP contribution in [0.1, 0.15) is 0 Å². The number of rotatable bonds is 4. The fourth-order valence-electron chi connectivity index (χ4n) is 1.58. The molecule has 2 rings (SSSR count). The first-order chi connectivity index (χ1) is 9.11. The molecule has 0 amide bonds. The number of benzene rings is 1. The van der Waals surface area contributed by atoms with Crippen molar-refractivity contribution in [2.45, 2.75) is 0 Å². The van der Waals surface area contributed by atoms with Crippen molar-refractivity contribution in [1.82, 2.24) is 4.98 Å². The highest BCUT2D eigenvalue weighted by Crippen LogP contribution is 2.28. The molecule has 1 aromatic heterocycles. The van der Waals surface area contributed by atoms with E-state index in [-0.39, 0.29) is 11.5 Å². The fraction of sp³-hybridized carbons (Fsp3) is 0.0833. The summed E-state index contributed by atoms with van der Waals surface area (Å²) < 4.78 is 5.18. The predicted octanol–water partition coefficient (Wildman–Crippen LogP) is 2.32. The van der Waals surface area contributed by atoms with Gasteiger partial charge in [-0.1, -0.05) is 12.1 Å². The van der Waals surface area contributed by atoms with Gasteiger partial charge in [0, 0.05) is 6.07 Å². The molecule has 0 atom stereocenters. The summed E-state index contributed by atoms with van der Waals surface area (Å²) in [5, 5.41) is 13.6. The number of ether oxygens (including phenoxy) is 1. The van der Waals surface area contributed by atoms with Crippen LogP contribution in [0, 0.1) is 10.1 Å². The molecule has 7 heteroatoms. The van der Waals surface area contributed by atoms with E-state index in [4.69, 9.17) is 10.5 Å². The summed E-state index contributed by atoms with van der Waals surface area (Å²) in [6.45, 7) is 0. The lowest BCUT2D eigenvalue weighted by atomic mass is 10.3. The monoisotopic (exact) mass is 260 g/mol. The molecular weight excluding hydrogens is 248 g/mol. The van der Waals surface area contributed by atoms with Crippen molar-refractivity contribution in [2.75, 3.05) is 18.2 Å². The minimum absolute atomic E-state index is 0.134. The number of methoxy groups -OCH3 is 1. The van der Waals surface area contributed by atoms with Gasteiger partial charge in [0.05, 0.1) is 17.7 Å². The van der Waals surface area contributed by atoms with Gasteiger partial charge in [-0.25, -0.2) is 4.98 Å². The zero-order chi connectivity index (χ0) is 13.8. The number of anilines is 3. The Balaban J connectivity index is 2.29.